The quantitative estimate of drug-likeness (QED) is 0.451. The van der Waals surface area contributed by atoms with Gasteiger partial charge in [0.1, 0.15) is 0 Å². The fourth-order valence-corrected chi connectivity index (χ4v) is 0. The molecule has 0 nitrogen and oxygen atoms in total. The SMILES string of the molecule is FC(F)(F)C(F)(F)F.[H+]. The van der Waals surface area contributed by atoms with Crippen LogP contribution in [0, 0.1) is 0 Å². The molecule has 6 heteroatoms. The van der Waals surface area contributed by atoms with Crippen molar-refractivity contribution in [2.45, 2.75) is 12.4 Å². The van der Waals surface area contributed by atoms with Crippen molar-refractivity contribution in [2.75, 3.05) is 0 Å². The summed E-state index contributed by atoms with van der Waals surface area (Å²) < 4.78 is 62.6. The number of alkyl halides is 6. The molecule has 0 spiro atoms. The van der Waals surface area contributed by atoms with Gasteiger partial charge in [-0.25, -0.2) is 0 Å². The molecule has 0 amide bonds. The van der Waals surface area contributed by atoms with Gasteiger partial charge in [-0.2, -0.15) is 26.3 Å². The zero-order valence-corrected chi connectivity index (χ0v) is 3.27. The van der Waals surface area contributed by atoms with Crippen LogP contribution in [0.15, 0.2) is 0 Å². The average Bonchev–Trinajstić information content (AvgIpc) is 1.25. The highest BCUT2D eigenvalue weighted by molar-refractivity contribution is 4.59. The lowest BCUT2D eigenvalue weighted by molar-refractivity contribution is -0.339. The van der Waals surface area contributed by atoms with E-state index in [1.54, 1.807) is 0 Å². The summed E-state index contributed by atoms with van der Waals surface area (Å²) in [5.41, 5.74) is 0. The van der Waals surface area contributed by atoms with Crippen LogP contribution in [0.2, 0.25) is 0 Å². The van der Waals surface area contributed by atoms with Gasteiger partial charge in [0.2, 0.25) is 0 Å². The number of rotatable bonds is 0. The molecule has 0 radical (unpaired) electrons. The van der Waals surface area contributed by atoms with Gasteiger partial charge in [-0.3, -0.25) is 0 Å². The van der Waals surface area contributed by atoms with Gasteiger partial charge in [-0.15, -0.1) is 0 Å². The minimum Gasteiger partial charge on any atom is -0.162 e. The normalized spacial score (nSPS) is 14.2. The Hall–Kier alpha value is -0.420. The first-order chi connectivity index (χ1) is 3.25. The molecule has 0 atom stereocenters. The van der Waals surface area contributed by atoms with Crippen molar-refractivity contribution < 1.29 is 27.8 Å². The molecule has 0 aromatic heterocycles. The molecule has 0 bridgehead atoms. The third-order valence-electron chi connectivity index (χ3n) is 0.321. The maximum Gasteiger partial charge on any atom is 1.00 e. The number of hydrogen-bond donors (Lipinski definition) is 0. The molecular weight excluding hydrogens is 138 g/mol. The fourth-order valence-electron chi connectivity index (χ4n) is 0. The fraction of sp³-hybridized carbons (Fsp3) is 1.00. The van der Waals surface area contributed by atoms with Gasteiger partial charge in [0.05, 0.1) is 0 Å². The first-order valence-electron chi connectivity index (χ1n) is 1.38. The Morgan fingerprint density at radius 1 is 0.625 bits per heavy atom. The van der Waals surface area contributed by atoms with E-state index in [4.69, 9.17) is 0 Å². The predicted molar refractivity (Wildman–Crippen MR) is 13.2 cm³/mol. The van der Waals surface area contributed by atoms with E-state index >= 15 is 0 Å². The van der Waals surface area contributed by atoms with E-state index in [-0.39, 0.29) is 1.43 Å². The van der Waals surface area contributed by atoms with Crippen LogP contribution in [0.25, 0.3) is 0 Å². The van der Waals surface area contributed by atoms with Gasteiger partial charge >= 0.3 is 13.8 Å². The summed E-state index contributed by atoms with van der Waals surface area (Å²) in [5.74, 6) is 0. The van der Waals surface area contributed by atoms with Gasteiger partial charge in [-0.1, -0.05) is 0 Å². The minimum atomic E-state index is -6.06. The molecule has 0 rings (SSSR count). The highest BCUT2D eigenvalue weighted by Crippen LogP contribution is 2.35. The van der Waals surface area contributed by atoms with Crippen molar-refractivity contribution in [1.29, 1.82) is 0 Å². The van der Waals surface area contributed by atoms with Crippen LogP contribution in [0.4, 0.5) is 26.3 Å². The lowest BCUT2D eigenvalue weighted by atomic mass is 10.7. The molecule has 0 saturated heterocycles. The van der Waals surface area contributed by atoms with Gasteiger partial charge in [-0.05, 0) is 0 Å². The highest BCUT2D eigenvalue weighted by Gasteiger charge is 2.58. The molecule has 0 saturated carbocycles. The van der Waals surface area contributed by atoms with Gasteiger partial charge in [0.25, 0.3) is 0 Å². The van der Waals surface area contributed by atoms with E-state index in [1.807, 2.05) is 0 Å². The first-order valence-corrected chi connectivity index (χ1v) is 1.38. The molecule has 0 aliphatic carbocycles. The van der Waals surface area contributed by atoms with Crippen LogP contribution >= 0.6 is 0 Å². The van der Waals surface area contributed by atoms with Crippen LogP contribution in [-0.2, 0) is 0 Å². The Bertz CT molecular complexity index is 66.0. The lowest BCUT2D eigenvalue weighted by Gasteiger charge is -2.08. The molecule has 0 aliphatic rings. The summed E-state index contributed by atoms with van der Waals surface area (Å²) in [7, 11) is 0. The second-order valence-electron chi connectivity index (χ2n) is 0.996. The van der Waals surface area contributed by atoms with Crippen molar-refractivity contribution >= 4 is 0 Å². The summed E-state index contributed by atoms with van der Waals surface area (Å²) in [6, 6.07) is 0. The summed E-state index contributed by atoms with van der Waals surface area (Å²) in [4.78, 5) is 0. The van der Waals surface area contributed by atoms with Crippen molar-refractivity contribution in [3.63, 3.8) is 0 Å². The predicted octanol–water partition coefficient (Wildman–Crippen LogP) is 2.22. The van der Waals surface area contributed by atoms with Crippen molar-refractivity contribution in [3.8, 4) is 0 Å². The standard InChI is InChI=1S/C2F6/c3-1(4,5)2(6,7)8/p+1. The van der Waals surface area contributed by atoms with Crippen molar-refractivity contribution in [2.24, 2.45) is 0 Å². The smallest absolute Gasteiger partial charge is 0.162 e. The zero-order valence-electron chi connectivity index (χ0n) is 4.27. The molecule has 0 aliphatic heterocycles. The van der Waals surface area contributed by atoms with E-state index in [0.29, 0.717) is 0 Å². The third-order valence-corrected chi connectivity index (χ3v) is 0.321. The Labute approximate surface area is 41.6 Å². The van der Waals surface area contributed by atoms with Crippen LogP contribution in [0.5, 0.6) is 0 Å². The molecule has 0 heterocycles. The Morgan fingerprint density at radius 3 is 0.750 bits per heavy atom. The number of hydrogen-bond acceptors (Lipinski definition) is 0. The molecule has 50 valence electrons. The van der Waals surface area contributed by atoms with E-state index in [9.17, 15) is 26.3 Å². The van der Waals surface area contributed by atoms with Crippen LogP contribution in [-0.4, -0.2) is 12.4 Å². The Kier molecular flexibility index (Phi) is 1.45. The molecule has 0 N–H and O–H groups in total. The Balaban J connectivity index is 0. The molecule has 0 unspecified atom stereocenters. The van der Waals surface area contributed by atoms with E-state index in [0.717, 1.165) is 0 Å². The maximum absolute atomic E-state index is 10.4. The third kappa shape index (κ3) is 1.59. The average molecular weight is 139 g/mol. The van der Waals surface area contributed by atoms with E-state index < -0.39 is 12.4 Å². The first kappa shape index (κ1) is 7.58. The number of halogens is 6. The zero-order chi connectivity index (χ0) is 7.00. The second kappa shape index (κ2) is 1.53. The summed E-state index contributed by atoms with van der Waals surface area (Å²) >= 11 is 0. The molecule has 0 fully saturated rings. The summed E-state index contributed by atoms with van der Waals surface area (Å²) in [6.45, 7) is 0. The molecule has 0 aromatic carbocycles. The maximum atomic E-state index is 10.4. The largest absolute Gasteiger partial charge is 1.00 e. The Morgan fingerprint density at radius 2 is 0.750 bits per heavy atom. The lowest BCUT2D eigenvalue weighted by Crippen LogP contribution is -2.30. The van der Waals surface area contributed by atoms with Crippen LogP contribution in [0.3, 0.4) is 0 Å². The topological polar surface area (TPSA) is 0 Å². The monoisotopic (exact) mass is 139 g/mol. The van der Waals surface area contributed by atoms with Gasteiger partial charge in [0.15, 0.2) is 0 Å². The van der Waals surface area contributed by atoms with Gasteiger partial charge in [0, 0.05) is 0 Å². The highest BCUT2D eigenvalue weighted by atomic mass is 19.5. The van der Waals surface area contributed by atoms with Crippen LogP contribution < -0.4 is 0 Å². The second-order valence-corrected chi connectivity index (χ2v) is 0.996. The van der Waals surface area contributed by atoms with E-state index in [2.05, 4.69) is 0 Å². The summed E-state index contributed by atoms with van der Waals surface area (Å²) in [6.07, 6.45) is -12.1. The summed E-state index contributed by atoms with van der Waals surface area (Å²) in [5, 5.41) is 0. The van der Waals surface area contributed by atoms with Crippen molar-refractivity contribution in [1.82, 2.24) is 0 Å². The molecule has 8 heavy (non-hydrogen) atoms. The van der Waals surface area contributed by atoms with Crippen LogP contribution in [0.1, 0.15) is 1.43 Å². The minimum absolute atomic E-state index is 0. The van der Waals surface area contributed by atoms with Gasteiger partial charge < -0.3 is 0 Å². The molecular formula is C2HF6+. The molecule has 0 aromatic rings. The van der Waals surface area contributed by atoms with E-state index in [1.165, 1.54) is 0 Å². The van der Waals surface area contributed by atoms with Crippen molar-refractivity contribution in [3.05, 3.63) is 0 Å².